The number of aliphatic hydroxyl groups is 2. The first-order chi connectivity index (χ1) is 46.0. The monoisotopic (exact) mass is 1310 g/mol. The lowest BCUT2D eigenvalue weighted by Crippen LogP contribution is -2.45. The Hall–Kier alpha value is -1.92. The molecule has 0 fully saturated rings. The summed E-state index contributed by atoms with van der Waals surface area (Å²) in [5.41, 5.74) is 0. The lowest BCUT2D eigenvalue weighted by atomic mass is 10.0. The predicted octanol–water partition coefficient (Wildman–Crippen LogP) is 28.6. The van der Waals surface area contributed by atoms with Crippen molar-refractivity contribution in [1.29, 1.82) is 0 Å². The van der Waals surface area contributed by atoms with Crippen LogP contribution in [0.5, 0.6) is 0 Å². The SMILES string of the molecule is CCCCC/C=C\C/C=C\CCCCCCCCCCCC(=O)OCCCCCCCCCCCCCC/C=C\CCCCCCCCCCCCCCCCCCCC(=O)NC(CO)C(O)CCCCCCCCCCCCCCCCCCCCCCCCCC. The van der Waals surface area contributed by atoms with Gasteiger partial charge in [0, 0.05) is 12.8 Å². The summed E-state index contributed by atoms with van der Waals surface area (Å²) in [6, 6.07) is -0.541. The van der Waals surface area contributed by atoms with Crippen molar-refractivity contribution in [2.45, 2.75) is 495 Å². The van der Waals surface area contributed by atoms with Gasteiger partial charge in [0.1, 0.15) is 0 Å². The van der Waals surface area contributed by atoms with Gasteiger partial charge in [-0.1, -0.05) is 423 Å². The molecule has 0 aromatic rings. The fourth-order valence-corrected chi connectivity index (χ4v) is 13.7. The van der Waals surface area contributed by atoms with Crippen molar-refractivity contribution in [3.8, 4) is 0 Å². The van der Waals surface area contributed by atoms with E-state index in [1.54, 1.807) is 0 Å². The van der Waals surface area contributed by atoms with Gasteiger partial charge in [0.25, 0.3) is 0 Å². The maximum Gasteiger partial charge on any atom is 0.305 e. The lowest BCUT2D eigenvalue weighted by Gasteiger charge is -2.22. The van der Waals surface area contributed by atoms with Crippen LogP contribution in [0.4, 0.5) is 0 Å². The van der Waals surface area contributed by atoms with Crippen molar-refractivity contribution < 1.29 is 24.5 Å². The highest BCUT2D eigenvalue weighted by molar-refractivity contribution is 5.76. The van der Waals surface area contributed by atoms with Gasteiger partial charge in [0.2, 0.25) is 5.91 Å². The number of carbonyl (C=O) groups excluding carboxylic acids is 2. The zero-order chi connectivity index (χ0) is 67.0. The highest BCUT2D eigenvalue weighted by Gasteiger charge is 2.20. The van der Waals surface area contributed by atoms with Crippen molar-refractivity contribution in [3.05, 3.63) is 36.5 Å². The fourth-order valence-electron chi connectivity index (χ4n) is 13.7. The molecule has 0 aliphatic rings. The van der Waals surface area contributed by atoms with Gasteiger partial charge in [0.05, 0.1) is 25.4 Å². The molecule has 0 radical (unpaired) electrons. The average Bonchev–Trinajstić information content (AvgIpc) is 3.78. The van der Waals surface area contributed by atoms with E-state index in [2.05, 4.69) is 55.6 Å². The van der Waals surface area contributed by atoms with E-state index in [1.807, 2.05) is 0 Å². The average molecular weight is 1310 g/mol. The van der Waals surface area contributed by atoms with Crippen molar-refractivity contribution in [1.82, 2.24) is 5.32 Å². The molecule has 0 aromatic heterocycles. The molecule has 2 atom stereocenters. The highest BCUT2D eigenvalue weighted by Crippen LogP contribution is 2.21. The van der Waals surface area contributed by atoms with Gasteiger partial charge in [-0.25, -0.2) is 0 Å². The topological polar surface area (TPSA) is 95.9 Å². The number of unbranched alkanes of at least 4 members (excludes halogenated alkanes) is 64. The maximum atomic E-state index is 12.6. The van der Waals surface area contributed by atoms with E-state index < -0.39 is 12.1 Å². The normalized spacial score (nSPS) is 12.6. The number of aliphatic hydroxyl groups excluding tert-OH is 2. The first-order valence-electron chi connectivity index (χ1n) is 42.7. The second-order valence-electron chi connectivity index (χ2n) is 29.5. The Kier molecular flexibility index (Phi) is 80.8. The van der Waals surface area contributed by atoms with Crippen molar-refractivity contribution in [3.63, 3.8) is 0 Å². The quantitative estimate of drug-likeness (QED) is 0.0320. The van der Waals surface area contributed by atoms with Crippen LogP contribution in [0.25, 0.3) is 0 Å². The molecular formula is C87H167NO5. The van der Waals surface area contributed by atoms with Gasteiger partial charge in [0.15, 0.2) is 0 Å². The Morgan fingerprint density at radius 2 is 0.538 bits per heavy atom. The number of esters is 1. The Morgan fingerprint density at radius 1 is 0.301 bits per heavy atom. The first kappa shape index (κ1) is 91.1. The van der Waals surface area contributed by atoms with E-state index >= 15 is 0 Å². The van der Waals surface area contributed by atoms with Crippen LogP contribution in [0.3, 0.4) is 0 Å². The minimum atomic E-state index is -0.664. The van der Waals surface area contributed by atoms with Crippen LogP contribution >= 0.6 is 0 Å². The molecule has 0 aliphatic carbocycles. The summed E-state index contributed by atoms with van der Waals surface area (Å²) >= 11 is 0. The minimum absolute atomic E-state index is 0.0159. The molecule has 6 heteroatoms. The summed E-state index contributed by atoms with van der Waals surface area (Å²) in [7, 11) is 0. The van der Waals surface area contributed by atoms with Gasteiger partial charge in [-0.05, 0) is 83.5 Å². The van der Waals surface area contributed by atoms with Gasteiger partial charge >= 0.3 is 5.97 Å². The van der Waals surface area contributed by atoms with Crippen LogP contribution in [-0.4, -0.2) is 47.4 Å². The molecule has 0 spiro atoms. The molecule has 0 saturated carbocycles. The molecule has 0 aliphatic heterocycles. The third-order valence-electron chi connectivity index (χ3n) is 20.2. The zero-order valence-corrected chi connectivity index (χ0v) is 63.3. The molecule has 0 heterocycles. The lowest BCUT2D eigenvalue weighted by molar-refractivity contribution is -0.143. The number of hydrogen-bond acceptors (Lipinski definition) is 5. The highest BCUT2D eigenvalue weighted by atomic mass is 16.5. The van der Waals surface area contributed by atoms with Gasteiger partial charge < -0.3 is 20.3 Å². The molecule has 0 rings (SSSR count). The van der Waals surface area contributed by atoms with Crippen LogP contribution in [0.15, 0.2) is 36.5 Å². The number of ether oxygens (including phenoxy) is 1. The van der Waals surface area contributed by atoms with E-state index in [4.69, 9.17) is 4.74 Å². The number of amides is 1. The van der Waals surface area contributed by atoms with Crippen molar-refractivity contribution in [2.75, 3.05) is 13.2 Å². The van der Waals surface area contributed by atoms with E-state index in [-0.39, 0.29) is 18.5 Å². The molecule has 6 nitrogen and oxygen atoms in total. The van der Waals surface area contributed by atoms with E-state index in [0.29, 0.717) is 25.9 Å². The number of nitrogens with one attached hydrogen (secondary N) is 1. The summed E-state index contributed by atoms with van der Waals surface area (Å²) in [6.45, 7) is 4.98. The number of allylic oxidation sites excluding steroid dienone is 6. The second-order valence-corrected chi connectivity index (χ2v) is 29.5. The van der Waals surface area contributed by atoms with Crippen molar-refractivity contribution in [2.24, 2.45) is 0 Å². The summed E-state index contributed by atoms with van der Waals surface area (Å²) in [4.78, 5) is 24.7. The molecule has 93 heavy (non-hydrogen) atoms. The summed E-state index contributed by atoms with van der Waals surface area (Å²) in [5.74, 6) is -0.0100. The molecule has 3 N–H and O–H groups in total. The van der Waals surface area contributed by atoms with E-state index in [0.717, 1.165) is 51.4 Å². The fraction of sp³-hybridized carbons (Fsp3) is 0.908. The molecule has 0 saturated heterocycles. The smallest absolute Gasteiger partial charge is 0.305 e. The number of rotatable bonds is 81. The molecular weight excluding hydrogens is 1140 g/mol. The van der Waals surface area contributed by atoms with Crippen LogP contribution < -0.4 is 5.32 Å². The zero-order valence-electron chi connectivity index (χ0n) is 63.3. The first-order valence-corrected chi connectivity index (χ1v) is 42.7. The van der Waals surface area contributed by atoms with Crippen LogP contribution in [0, 0.1) is 0 Å². The Morgan fingerprint density at radius 3 is 0.849 bits per heavy atom. The predicted molar refractivity (Wildman–Crippen MR) is 412 cm³/mol. The Labute approximate surface area is 583 Å². The molecule has 2 unspecified atom stereocenters. The Bertz CT molecular complexity index is 1510. The van der Waals surface area contributed by atoms with Gasteiger partial charge in [-0.15, -0.1) is 0 Å². The largest absolute Gasteiger partial charge is 0.466 e. The van der Waals surface area contributed by atoms with Crippen LogP contribution in [-0.2, 0) is 14.3 Å². The summed E-state index contributed by atoms with van der Waals surface area (Å²) in [6.07, 6.45) is 108. The van der Waals surface area contributed by atoms with Gasteiger partial charge in [-0.2, -0.15) is 0 Å². The summed E-state index contributed by atoms with van der Waals surface area (Å²) in [5, 5.41) is 23.5. The second kappa shape index (κ2) is 82.5. The van der Waals surface area contributed by atoms with Gasteiger partial charge in [-0.3, -0.25) is 9.59 Å². The Balaban J connectivity index is 3.35. The standard InChI is InChI=1S/C87H167NO5/c1-3-5-7-9-11-13-15-17-19-21-23-24-25-37-40-44-47-51-55-59-63-67-71-75-79-85(90)84(83-89)88-86(91)80-76-72-68-64-60-56-52-48-45-41-38-35-33-31-29-27-26-28-30-32-34-36-39-42-46-50-54-58-62-66-70-74-78-82-93-87(92)81-77-73-69-65-61-57-53-49-43-22-20-18-16-14-12-10-8-6-4-2/h12,14,18,20,30,32,84-85,89-90H,3-11,13,15-17,19,21-29,31,33-83H2,1-2H3,(H,88,91)/b14-12-,20-18-,32-30-. The van der Waals surface area contributed by atoms with Crippen LogP contribution in [0.1, 0.15) is 483 Å². The third-order valence-corrected chi connectivity index (χ3v) is 20.2. The molecule has 1 amide bonds. The maximum absolute atomic E-state index is 12.6. The number of hydrogen-bond donors (Lipinski definition) is 3. The molecule has 550 valence electrons. The molecule has 0 aromatic carbocycles. The van der Waals surface area contributed by atoms with Crippen molar-refractivity contribution >= 4 is 11.9 Å². The third kappa shape index (κ3) is 79.0. The van der Waals surface area contributed by atoms with Crippen LogP contribution in [0.2, 0.25) is 0 Å². The number of carbonyl (C=O) groups is 2. The minimum Gasteiger partial charge on any atom is -0.466 e. The van der Waals surface area contributed by atoms with E-state index in [9.17, 15) is 19.8 Å². The van der Waals surface area contributed by atoms with E-state index in [1.165, 1.54) is 398 Å². The molecule has 0 bridgehead atoms. The summed E-state index contributed by atoms with van der Waals surface area (Å²) < 4.78 is 5.52.